The highest BCUT2D eigenvalue weighted by molar-refractivity contribution is 7.13. The van der Waals surface area contributed by atoms with Gasteiger partial charge in [0.15, 0.2) is 11.6 Å². The van der Waals surface area contributed by atoms with Crippen molar-refractivity contribution in [1.29, 1.82) is 0 Å². The molecule has 3 rings (SSSR count). The monoisotopic (exact) mass is 249 g/mol. The van der Waals surface area contributed by atoms with Crippen molar-refractivity contribution < 1.29 is 0 Å². The van der Waals surface area contributed by atoms with Gasteiger partial charge in [0.25, 0.3) is 0 Å². The predicted molar refractivity (Wildman–Crippen MR) is 66.8 cm³/mol. The third-order valence-corrected chi connectivity index (χ3v) is 3.82. The van der Waals surface area contributed by atoms with Gasteiger partial charge in [-0.2, -0.15) is 0 Å². The second kappa shape index (κ2) is 4.54. The van der Waals surface area contributed by atoms with Crippen molar-refractivity contribution in [3.8, 4) is 10.7 Å². The van der Waals surface area contributed by atoms with E-state index in [1.54, 1.807) is 11.3 Å². The van der Waals surface area contributed by atoms with Crippen LogP contribution in [0.3, 0.4) is 0 Å². The summed E-state index contributed by atoms with van der Waals surface area (Å²) < 4.78 is 2.23. The van der Waals surface area contributed by atoms with Crippen LogP contribution in [0.25, 0.3) is 10.7 Å². The number of thiazole rings is 1. The summed E-state index contributed by atoms with van der Waals surface area (Å²) in [6.45, 7) is 4.12. The maximum absolute atomic E-state index is 4.34. The Hall–Kier alpha value is -1.27. The molecule has 2 aromatic rings. The molecule has 3 heterocycles. The van der Waals surface area contributed by atoms with Gasteiger partial charge in [-0.3, -0.25) is 4.98 Å². The number of nitrogens with zero attached hydrogens (tertiary/aromatic N) is 4. The largest absolute Gasteiger partial charge is 0.308 e. The number of nitrogens with one attached hydrogen (secondary N) is 1. The first kappa shape index (κ1) is 10.9. The van der Waals surface area contributed by atoms with Gasteiger partial charge >= 0.3 is 0 Å². The number of fused-ring (bicyclic) bond motifs is 1. The predicted octanol–water partition coefficient (Wildman–Crippen LogP) is 1.85. The zero-order valence-corrected chi connectivity index (χ0v) is 10.6. The van der Waals surface area contributed by atoms with Gasteiger partial charge in [-0.1, -0.05) is 13.3 Å². The van der Waals surface area contributed by atoms with E-state index < -0.39 is 0 Å². The molecule has 2 aromatic heterocycles. The van der Waals surface area contributed by atoms with Gasteiger partial charge in [0, 0.05) is 19.3 Å². The molecule has 0 amide bonds. The smallest absolute Gasteiger partial charge is 0.175 e. The van der Waals surface area contributed by atoms with Crippen LogP contribution < -0.4 is 5.32 Å². The fraction of sp³-hybridized carbons (Fsp3) is 0.545. The first-order valence-corrected chi connectivity index (χ1v) is 6.83. The van der Waals surface area contributed by atoms with E-state index in [0.717, 1.165) is 42.5 Å². The maximum Gasteiger partial charge on any atom is 0.175 e. The first-order valence-electron chi connectivity index (χ1n) is 5.95. The SMILES string of the molecule is CCCC1NCCn2c(-c3cncs3)nnc21. The summed E-state index contributed by atoms with van der Waals surface area (Å²) >= 11 is 1.61. The molecule has 90 valence electrons. The van der Waals surface area contributed by atoms with E-state index in [1.165, 1.54) is 0 Å². The highest BCUT2D eigenvalue weighted by Crippen LogP contribution is 2.27. The molecule has 0 aromatic carbocycles. The van der Waals surface area contributed by atoms with Crippen molar-refractivity contribution in [3.63, 3.8) is 0 Å². The molecule has 0 radical (unpaired) electrons. The van der Waals surface area contributed by atoms with Gasteiger partial charge < -0.3 is 9.88 Å². The van der Waals surface area contributed by atoms with E-state index in [2.05, 4.69) is 32.0 Å². The standard InChI is InChI=1S/C11H15N5S/c1-2-3-8-10-14-15-11(9-6-12-7-17-9)16(10)5-4-13-8/h6-8,13H,2-5H2,1H3. The second-order valence-electron chi connectivity index (χ2n) is 4.19. The molecule has 0 saturated heterocycles. The van der Waals surface area contributed by atoms with Crippen molar-refractivity contribution in [2.75, 3.05) is 6.54 Å². The third kappa shape index (κ3) is 1.87. The highest BCUT2D eigenvalue weighted by atomic mass is 32.1. The Balaban J connectivity index is 1.99. The summed E-state index contributed by atoms with van der Waals surface area (Å²) in [6.07, 6.45) is 4.13. The lowest BCUT2D eigenvalue weighted by molar-refractivity contribution is 0.394. The summed E-state index contributed by atoms with van der Waals surface area (Å²) in [6, 6.07) is 0.350. The van der Waals surface area contributed by atoms with E-state index >= 15 is 0 Å². The van der Waals surface area contributed by atoms with Crippen LogP contribution in [-0.2, 0) is 6.54 Å². The van der Waals surface area contributed by atoms with Crippen molar-refractivity contribution in [3.05, 3.63) is 17.5 Å². The molecule has 0 fully saturated rings. The van der Waals surface area contributed by atoms with Crippen LogP contribution in [0.2, 0.25) is 0 Å². The van der Waals surface area contributed by atoms with Gasteiger partial charge in [0.05, 0.1) is 16.4 Å². The van der Waals surface area contributed by atoms with Crippen LogP contribution in [-0.4, -0.2) is 26.3 Å². The Kier molecular flexibility index (Phi) is 2.90. The van der Waals surface area contributed by atoms with Crippen LogP contribution in [0.1, 0.15) is 31.6 Å². The summed E-state index contributed by atoms with van der Waals surface area (Å²) in [7, 11) is 0. The minimum atomic E-state index is 0.350. The van der Waals surface area contributed by atoms with E-state index in [0.29, 0.717) is 6.04 Å². The molecule has 0 spiro atoms. The molecule has 5 nitrogen and oxygen atoms in total. The Morgan fingerprint density at radius 2 is 2.47 bits per heavy atom. The average molecular weight is 249 g/mol. The normalized spacial score (nSPS) is 19.2. The molecule has 0 saturated carbocycles. The van der Waals surface area contributed by atoms with Crippen LogP contribution >= 0.6 is 11.3 Å². The Labute approximate surface area is 104 Å². The Morgan fingerprint density at radius 3 is 3.24 bits per heavy atom. The third-order valence-electron chi connectivity index (χ3n) is 3.05. The quantitative estimate of drug-likeness (QED) is 0.902. The summed E-state index contributed by atoms with van der Waals surface area (Å²) in [5.74, 6) is 2.03. The maximum atomic E-state index is 4.34. The molecule has 0 bridgehead atoms. The molecule has 6 heteroatoms. The van der Waals surface area contributed by atoms with Crippen molar-refractivity contribution in [2.24, 2.45) is 0 Å². The van der Waals surface area contributed by atoms with E-state index in [1.807, 2.05) is 11.7 Å². The van der Waals surface area contributed by atoms with Gasteiger partial charge in [-0.15, -0.1) is 21.5 Å². The molecule has 1 unspecified atom stereocenters. The van der Waals surface area contributed by atoms with Crippen LogP contribution in [0.5, 0.6) is 0 Å². The summed E-state index contributed by atoms with van der Waals surface area (Å²) in [4.78, 5) is 5.20. The zero-order chi connectivity index (χ0) is 11.7. The summed E-state index contributed by atoms with van der Waals surface area (Å²) in [5.41, 5.74) is 1.83. The number of hydrogen-bond acceptors (Lipinski definition) is 5. The highest BCUT2D eigenvalue weighted by Gasteiger charge is 2.24. The first-order chi connectivity index (χ1) is 8.40. The van der Waals surface area contributed by atoms with Crippen LogP contribution in [0.4, 0.5) is 0 Å². The van der Waals surface area contributed by atoms with Crippen molar-refractivity contribution >= 4 is 11.3 Å². The fourth-order valence-corrected chi connectivity index (χ4v) is 2.88. The number of rotatable bonds is 3. The van der Waals surface area contributed by atoms with E-state index in [9.17, 15) is 0 Å². The summed E-state index contributed by atoms with van der Waals surface area (Å²) in [5, 5.41) is 12.2. The van der Waals surface area contributed by atoms with E-state index in [4.69, 9.17) is 0 Å². The second-order valence-corrected chi connectivity index (χ2v) is 5.08. The van der Waals surface area contributed by atoms with E-state index in [-0.39, 0.29) is 0 Å². The molecular weight excluding hydrogens is 234 g/mol. The zero-order valence-electron chi connectivity index (χ0n) is 9.76. The molecule has 1 aliphatic rings. The Bertz CT molecular complexity index is 490. The topological polar surface area (TPSA) is 55.6 Å². The van der Waals surface area contributed by atoms with Crippen molar-refractivity contribution in [1.82, 2.24) is 25.1 Å². The minimum absolute atomic E-state index is 0.350. The van der Waals surface area contributed by atoms with Gasteiger partial charge in [0.1, 0.15) is 0 Å². The molecule has 0 aliphatic carbocycles. The average Bonchev–Trinajstić information content (AvgIpc) is 2.97. The Morgan fingerprint density at radius 1 is 1.53 bits per heavy atom. The van der Waals surface area contributed by atoms with Crippen LogP contribution in [0, 0.1) is 0 Å². The van der Waals surface area contributed by atoms with Crippen molar-refractivity contribution in [2.45, 2.75) is 32.4 Å². The lowest BCUT2D eigenvalue weighted by Crippen LogP contribution is -2.33. The van der Waals surface area contributed by atoms with Gasteiger partial charge in [-0.05, 0) is 6.42 Å². The van der Waals surface area contributed by atoms with Gasteiger partial charge in [0.2, 0.25) is 0 Å². The van der Waals surface area contributed by atoms with Crippen LogP contribution in [0.15, 0.2) is 11.7 Å². The fourth-order valence-electron chi connectivity index (χ4n) is 2.26. The lowest BCUT2D eigenvalue weighted by atomic mass is 10.1. The number of aromatic nitrogens is 4. The van der Waals surface area contributed by atoms with Gasteiger partial charge in [-0.25, -0.2) is 0 Å². The molecule has 1 aliphatic heterocycles. The molecule has 17 heavy (non-hydrogen) atoms. The molecule has 1 atom stereocenters. The molecule has 1 N–H and O–H groups in total. The lowest BCUT2D eigenvalue weighted by Gasteiger charge is -2.24. The molecular formula is C11H15N5S. The number of hydrogen-bond donors (Lipinski definition) is 1. The minimum Gasteiger partial charge on any atom is -0.308 e.